The van der Waals surface area contributed by atoms with Crippen molar-refractivity contribution in [3.8, 4) is 0 Å². The first-order valence-corrected chi connectivity index (χ1v) is 5.74. The van der Waals surface area contributed by atoms with E-state index in [1.54, 1.807) is 0 Å². The lowest BCUT2D eigenvalue weighted by Crippen LogP contribution is -1.81. The predicted molar refractivity (Wildman–Crippen MR) is 63.4 cm³/mol. The molecule has 0 spiro atoms. The molecule has 0 aromatic carbocycles. The largest absolute Gasteiger partial charge is 0.392 e. The Labute approximate surface area is 88.5 Å². The molecule has 0 saturated heterocycles. The molecule has 0 amide bonds. The topological polar surface area (TPSA) is 20.2 Å². The fourth-order valence-electron chi connectivity index (χ4n) is 1.25. The zero-order chi connectivity index (χ0) is 10.6. The van der Waals surface area contributed by atoms with Crippen molar-refractivity contribution < 1.29 is 5.11 Å². The van der Waals surface area contributed by atoms with Gasteiger partial charge in [-0.25, -0.2) is 0 Å². The first-order valence-electron chi connectivity index (χ1n) is 5.74. The summed E-state index contributed by atoms with van der Waals surface area (Å²) in [7, 11) is 0. The fourth-order valence-corrected chi connectivity index (χ4v) is 1.25. The van der Waals surface area contributed by atoms with E-state index in [4.69, 9.17) is 5.11 Å². The number of aliphatic hydroxyl groups excluding tert-OH is 1. The van der Waals surface area contributed by atoms with Crippen molar-refractivity contribution in [3.05, 3.63) is 23.8 Å². The number of unbranched alkanes of at least 4 members (excludes halogenated alkanes) is 5. The van der Waals surface area contributed by atoms with Gasteiger partial charge in [-0.15, -0.1) is 0 Å². The molecular weight excluding hydrogens is 172 g/mol. The summed E-state index contributed by atoms with van der Waals surface area (Å²) in [5.41, 5.74) is 1.02. The van der Waals surface area contributed by atoms with Crippen LogP contribution in [0.2, 0.25) is 0 Å². The van der Waals surface area contributed by atoms with Gasteiger partial charge in [-0.2, -0.15) is 0 Å². The Bertz CT molecular complexity index is 168. The van der Waals surface area contributed by atoms with E-state index in [1.807, 2.05) is 19.1 Å². The van der Waals surface area contributed by atoms with Gasteiger partial charge in [-0.05, 0) is 25.3 Å². The normalized spacial score (nSPS) is 12.6. The smallest absolute Gasteiger partial charge is 0.0642 e. The maximum atomic E-state index is 8.73. The van der Waals surface area contributed by atoms with Crippen LogP contribution in [0.3, 0.4) is 0 Å². The SMILES string of the molecule is CCCCCCC/C=C/C=C(\C)CO. The molecule has 0 atom stereocenters. The summed E-state index contributed by atoms with van der Waals surface area (Å²) < 4.78 is 0. The van der Waals surface area contributed by atoms with Gasteiger partial charge in [0.2, 0.25) is 0 Å². The van der Waals surface area contributed by atoms with Crippen LogP contribution in [0.15, 0.2) is 23.8 Å². The zero-order valence-electron chi connectivity index (χ0n) is 9.63. The Morgan fingerprint density at radius 2 is 1.86 bits per heavy atom. The Morgan fingerprint density at radius 3 is 2.50 bits per heavy atom. The Balaban J connectivity index is 3.27. The minimum Gasteiger partial charge on any atom is -0.392 e. The van der Waals surface area contributed by atoms with Crippen LogP contribution in [0.5, 0.6) is 0 Å². The van der Waals surface area contributed by atoms with Crippen LogP contribution in [-0.4, -0.2) is 11.7 Å². The number of hydrogen-bond acceptors (Lipinski definition) is 1. The summed E-state index contributed by atoms with van der Waals surface area (Å²) >= 11 is 0. The van der Waals surface area contributed by atoms with Gasteiger partial charge >= 0.3 is 0 Å². The third kappa shape index (κ3) is 9.53. The first-order chi connectivity index (χ1) is 6.81. The third-order valence-electron chi connectivity index (χ3n) is 2.24. The number of rotatable bonds is 8. The van der Waals surface area contributed by atoms with Crippen LogP contribution < -0.4 is 0 Å². The number of hydrogen-bond donors (Lipinski definition) is 1. The van der Waals surface area contributed by atoms with Crippen molar-refractivity contribution in [2.75, 3.05) is 6.61 Å². The van der Waals surface area contributed by atoms with E-state index in [2.05, 4.69) is 13.0 Å². The molecule has 0 aromatic heterocycles. The summed E-state index contributed by atoms with van der Waals surface area (Å²) in [5.74, 6) is 0. The van der Waals surface area contributed by atoms with Gasteiger partial charge in [0.05, 0.1) is 6.61 Å². The van der Waals surface area contributed by atoms with Crippen LogP contribution in [0.25, 0.3) is 0 Å². The van der Waals surface area contributed by atoms with Gasteiger partial charge in [0.25, 0.3) is 0 Å². The molecular formula is C13H24O. The molecule has 0 unspecified atom stereocenters. The molecule has 82 valence electrons. The minimum absolute atomic E-state index is 0.167. The van der Waals surface area contributed by atoms with E-state index in [0.29, 0.717) is 0 Å². The molecule has 0 saturated carbocycles. The van der Waals surface area contributed by atoms with Gasteiger partial charge in [0, 0.05) is 0 Å². The maximum Gasteiger partial charge on any atom is 0.0642 e. The Morgan fingerprint density at radius 1 is 1.14 bits per heavy atom. The lowest BCUT2D eigenvalue weighted by molar-refractivity contribution is 0.331. The van der Waals surface area contributed by atoms with Gasteiger partial charge in [-0.3, -0.25) is 0 Å². The van der Waals surface area contributed by atoms with E-state index >= 15 is 0 Å². The Hall–Kier alpha value is -0.560. The lowest BCUT2D eigenvalue weighted by atomic mass is 10.1. The molecule has 0 aliphatic heterocycles. The van der Waals surface area contributed by atoms with Crippen LogP contribution in [0.1, 0.15) is 52.4 Å². The molecule has 0 radical (unpaired) electrons. The summed E-state index contributed by atoms with van der Waals surface area (Å²) in [5, 5.41) is 8.73. The van der Waals surface area contributed by atoms with Crippen molar-refractivity contribution in [1.82, 2.24) is 0 Å². The second-order valence-electron chi connectivity index (χ2n) is 3.80. The molecule has 0 aliphatic carbocycles. The van der Waals surface area contributed by atoms with Gasteiger partial charge in [0.15, 0.2) is 0 Å². The monoisotopic (exact) mass is 196 g/mol. The average Bonchev–Trinajstić information content (AvgIpc) is 2.21. The second-order valence-corrected chi connectivity index (χ2v) is 3.80. The summed E-state index contributed by atoms with van der Waals surface area (Å²) in [6, 6.07) is 0. The van der Waals surface area contributed by atoms with E-state index < -0.39 is 0 Å². The van der Waals surface area contributed by atoms with Gasteiger partial charge in [0.1, 0.15) is 0 Å². The van der Waals surface area contributed by atoms with Crippen molar-refractivity contribution in [1.29, 1.82) is 0 Å². The molecule has 0 fully saturated rings. The van der Waals surface area contributed by atoms with Crippen molar-refractivity contribution in [2.45, 2.75) is 52.4 Å². The Kier molecular flexibility index (Phi) is 10.1. The molecule has 1 nitrogen and oxygen atoms in total. The van der Waals surface area contributed by atoms with Crippen LogP contribution in [0, 0.1) is 0 Å². The van der Waals surface area contributed by atoms with Crippen molar-refractivity contribution in [2.24, 2.45) is 0 Å². The van der Waals surface area contributed by atoms with Gasteiger partial charge in [-0.1, -0.05) is 50.8 Å². The second kappa shape index (κ2) is 10.5. The molecule has 1 N–H and O–H groups in total. The van der Waals surface area contributed by atoms with Crippen LogP contribution in [-0.2, 0) is 0 Å². The molecule has 0 heterocycles. The van der Waals surface area contributed by atoms with Gasteiger partial charge < -0.3 is 5.11 Å². The number of allylic oxidation sites excluding steroid dienone is 3. The highest BCUT2D eigenvalue weighted by Crippen LogP contribution is 2.05. The highest BCUT2D eigenvalue weighted by Gasteiger charge is 1.86. The zero-order valence-corrected chi connectivity index (χ0v) is 9.63. The average molecular weight is 196 g/mol. The highest BCUT2D eigenvalue weighted by atomic mass is 16.3. The molecule has 0 aromatic rings. The van der Waals surface area contributed by atoms with E-state index in [-0.39, 0.29) is 6.61 Å². The fraction of sp³-hybridized carbons (Fsp3) is 0.692. The summed E-state index contributed by atoms with van der Waals surface area (Å²) in [4.78, 5) is 0. The molecule has 1 heteroatoms. The summed E-state index contributed by atoms with van der Waals surface area (Å²) in [6.45, 7) is 4.34. The highest BCUT2D eigenvalue weighted by molar-refractivity contribution is 5.10. The molecule has 0 bridgehead atoms. The van der Waals surface area contributed by atoms with E-state index in [1.165, 1.54) is 38.5 Å². The van der Waals surface area contributed by atoms with Crippen LogP contribution >= 0.6 is 0 Å². The van der Waals surface area contributed by atoms with E-state index in [0.717, 1.165) is 5.57 Å². The summed E-state index contributed by atoms with van der Waals surface area (Å²) in [6.07, 6.45) is 14.1. The molecule has 0 rings (SSSR count). The molecule has 0 aliphatic rings. The standard InChI is InChI=1S/C13H24O/c1-3-4-5-6-7-8-9-10-11-13(2)12-14/h9-11,14H,3-8,12H2,1-2H3/b10-9+,13-11+. The van der Waals surface area contributed by atoms with E-state index in [9.17, 15) is 0 Å². The maximum absolute atomic E-state index is 8.73. The lowest BCUT2D eigenvalue weighted by Gasteiger charge is -1.95. The van der Waals surface area contributed by atoms with Crippen LogP contribution in [0.4, 0.5) is 0 Å². The quantitative estimate of drug-likeness (QED) is 0.462. The minimum atomic E-state index is 0.167. The predicted octanol–water partition coefficient (Wildman–Crippen LogP) is 3.84. The third-order valence-corrected chi connectivity index (χ3v) is 2.24. The molecule has 14 heavy (non-hydrogen) atoms. The van der Waals surface area contributed by atoms with Crippen molar-refractivity contribution >= 4 is 0 Å². The first kappa shape index (κ1) is 13.4. The van der Waals surface area contributed by atoms with Crippen molar-refractivity contribution in [3.63, 3.8) is 0 Å². The number of aliphatic hydroxyl groups is 1.